The molecule has 0 saturated carbocycles. The third kappa shape index (κ3) is 5.12. The highest BCUT2D eigenvalue weighted by molar-refractivity contribution is 6.33. The van der Waals surface area contributed by atoms with E-state index in [4.69, 9.17) is 11.6 Å². The molecular weight excluding hydrogens is 538 g/mol. The van der Waals surface area contributed by atoms with Crippen molar-refractivity contribution in [3.8, 4) is 22.4 Å². The van der Waals surface area contributed by atoms with Crippen molar-refractivity contribution in [3.05, 3.63) is 101 Å². The van der Waals surface area contributed by atoms with Crippen LogP contribution in [0.15, 0.2) is 90.2 Å². The van der Waals surface area contributed by atoms with Crippen LogP contribution in [-0.2, 0) is 11.3 Å². The van der Waals surface area contributed by atoms with Crippen LogP contribution in [0.3, 0.4) is 0 Å². The summed E-state index contributed by atoms with van der Waals surface area (Å²) >= 11 is 6.61. The third-order valence-corrected chi connectivity index (χ3v) is 7.63. The van der Waals surface area contributed by atoms with Gasteiger partial charge in [0.2, 0.25) is 5.91 Å². The largest absolute Gasteiger partial charge is 0.354 e. The molecule has 0 saturated heterocycles. The summed E-state index contributed by atoms with van der Waals surface area (Å²) in [4.78, 5) is 42.0. The number of amides is 1. The Hall–Kier alpha value is -4.76. The Labute approximate surface area is 240 Å². The number of nitrogens with zero attached hydrogens (tertiary/aromatic N) is 5. The number of H-pyrrole nitrogens is 1. The third-order valence-electron chi connectivity index (χ3n) is 7.31. The molecule has 1 atom stereocenters. The molecular formula is C31H28ClN7O2. The number of hydrogen-bond donors (Lipinski definition) is 2. The summed E-state index contributed by atoms with van der Waals surface area (Å²) in [5.74, 6) is -0.157. The van der Waals surface area contributed by atoms with Gasteiger partial charge in [-0.1, -0.05) is 67.1 Å². The first-order valence-electron chi connectivity index (χ1n) is 13.5. The van der Waals surface area contributed by atoms with E-state index in [1.807, 2.05) is 84.4 Å². The number of aromatic nitrogens is 6. The number of halogens is 1. The highest BCUT2D eigenvalue weighted by Gasteiger charge is 2.21. The van der Waals surface area contributed by atoms with E-state index in [0.29, 0.717) is 29.3 Å². The van der Waals surface area contributed by atoms with Gasteiger partial charge in [-0.15, -0.1) is 0 Å². The Morgan fingerprint density at radius 3 is 2.61 bits per heavy atom. The fourth-order valence-electron chi connectivity index (χ4n) is 5.37. The molecule has 0 aliphatic carbocycles. The fraction of sp³-hybridized carbons (Fsp3) is 0.194. The van der Waals surface area contributed by atoms with Crippen molar-refractivity contribution in [1.29, 1.82) is 0 Å². The predicted octanol–water partition coefficient (Wildman–Crippen LogP) is 5.61. The minimum Gasteiger partial charge on any atom is -0.354 e. The molecule has 0 spiro atoms. The molecule has 1 amide bonds. The van der Waals surface area contributed by atoms with Gasteiger partial charge >= 0.3 is 5.69 Å². The topological polar surface area (TPSA) is 110 Å². The molecule has 6 aromatic rings. The molecule has 206 valence electrons. The lowest BCUT2D eigenvalue weighted by Gasteiger charge is -2.17. The van der Waals surface area contributed by atoms with Crippen molar-refractivity contribution >= 4 is 39.7 Å². The molecule has 4 heterocycles. The lowest BCUT2D eigenvalue weighted by Crippen LogP contribution is -2.31. The second-order valence-electron chi connectivity index (χ2n) is 9.81. The number of hydrogen-bond acceptors (Lipinski definition) is 5. The predicted molar refractivity (Wildman–Crippen MR) is 161 cm³/mol. The van der Waals surface area contributed by atoms with Gasteiger partial charge in [0, 0.05) is 46.7 Å². The Bertz CT molecular complexity index is 1910. The maximum absolute atomic E-state index is 13.2. The normalized spacial score (nSPS) is 12.1. The van der Waals surface area contributed by atoms with Gasteiger partial charge in [0.1, 0.15) is 18.5 Å². The van der Waals surface area contributed by atoms with Crippen molar-refractivity contribution in [3.63, 3.8) is 0 Å². The minimum absolute atomic E-state index is 0.0694. The van der Waals surface area contributed by atoms with Gasteiger partial charge in [0.05, 0.1) is 16.6 Å². The molecule has 41 heavy (non-hydrogen) atoms. The first-order chi connectivity index (χ1) is 20.0. The number of imidazole rings is 1. The van der Waals surface area contributed by atoms with Gasteiger partial charge in [-0.05, 0) is 31.0 Å². The summed E-state index contributed by atoms with van der Waals surface area (Å²) in [6.07, 6.45) is 6.43. The average molecular weight is 566 g/mol. The number of fused-ring (bicyclic) bond motifs is 2. The van der Waals surface area contributed by atoms with E-state index in [1.54, 1.807) is 10.8 Å². The number of pyridine rings is 1. The summed E-state index contributed by atoms with van der Waals surface area (Å²) in [7, 11) is 0. The number of benzene rings is 2. The second kappa shape index (κ2) is 11.4. The van der Waals surface area contributed by atoms with E-state index in [1.165, 1.54) is 6.33 Å². The van der Waals surface area contributed by atoms with Gasteiger partial charge in [-0.2, -0.15) is 0 Å². The van der Waals surface area contributed by atoms with Gasteiger partial charge in [0.15, 0.2) is 5.65 Å². The van der Waals surface area contributed by atoms with E-state index in [-0.39, 0.29) is 24.2 Å². The molecule has 4 aromatic heterocycles. The first-order valence-corrected chi connectivity index (χ1v) is 13.9. The van der Waals surface area contributed by atoms with Crippen LogP contribution in [-0.4, -0.2) is 41.5 Å². The highest BCUT2D eigenvalue weighted by atomic mass is 35.5. The zero-order valence-electron chi connectivity index (χ0n) is 22.4. The Morgan fingerprint density at radius 2 is 1.80 bits per heavy atom. The molecule has 0 radical (unpaired) electrons. The Morgan fingerprint density at radius 1 is 1.00 bits per heavy atom. The molecule has 1 unspecified atom stereocenters. The molecule has 6 rings (SSSR count). The van der Waals surface area contributed by atoms with Crippen molar-refractivity contribution in [2.24, 2.45) is 0 Å². The number of rotatable bonds is 9. The van der Waals surface area contributed by atoms with E-state index >= 15 is 0 Å². The van der Waals surface area contributed by atoms with Crippen molar-refractivity contribution < 1.29 is 4.79 Å². The minimum atomic E-state index is -0.198. The molecule has 9 nitrogen and oxygen atoms in total. The second-order valence-corrected chi connectivity index (χ2v) is 10.2. The summed E-state index contributed by atoms with van der Waals surface area (Å²) in [6, 6.07) is 21.1. The van der Waals surface area contributed by atoms with E-state index in [9.17, 15) is 9.59 Å². The van der Waals surface area contributed by atoms with Crippen LogP contribution >= 0.6 is 11.6 Å². The van der Waals surface area contributed by atoms with Crippen LogP contribution in [0.5, 0.6) is 0 Å². The molecule has 0 aliphatic heterocycles. The number of nitrogens with one attached hydrogen (secondary N) is 2. The quantitative estimate of drug-likeness (QED) is 0.237. The van der Waals surface area contributed by atoms with E-state index in [0.717, 1.165) is 39.7 Å². The van der Waals surface area contributed by atoms with Gasteiger partial charge in [-0.25, -0.2) is 19.7 Å². The smallest absolute Gasteiger partial charge is 0.327 e. The molecule has 0 fully saturated rings. The first kappa shape index (κ1) is 26.5. The van der Waals surface area contributed by atoms with Gasteiger partial charge in [0.25, 0.3) is 0 Å². The van der Waals surface area contributed by atoms with Crippen LogP contribution in [0.4, 0.5) is 0 Å². The average Bonchev–Trinajstić information content (AvgIpc) is 3.53. The SMILES string of the molecule is CCC(CCNC(=O)Cn1cc(-c2ccccc2Cl)c2c(-c3ccccc3)ncnc21)n1c(=O)[nH]c2ncccc21. The van der Waals surface area contributed by atoms with Crippen LogP contribution in [0.25, 0.3) is 44.6 Å². The van der Waals surface area contributed by atoms with Crippen LogP contribution in [0, 0.1) is 0 Å². The fourth-order valence-corrected chi connectivity index (χ4v) is 5.61. The molecule has 10 heteroatoms. The van der Waals surface area contributed by atoms with Crippen molar-refractivity contribution in [2.45, 2.75) is 32.4 Å². The summed E-state index contributed by atoms with van der Waals surface area (Å²) in [5, 5.41) is 4.46. The molecule has 0 aliphatic rings. The maximum Gasteiger partial charge on any atom is 0.327 e. The van der Waals surface area contributed by atoms with Crippen LogP contribution < -0.4 is 11.0 Å². The number of carbonyl (C=O) groups excluding carboxylic acids is 1. The highest BCUT2D eigenvalue weighted by Crippen LogP contribution is 2.38. The van der Waals surface area contributed by atoms with Crippen molar-refractivity contribution in [1.82, 2.24) is 34.4 Å². The summed E-state index contributed by atoms with van der Waals surface area (Å²) in [6.45, 7) is 2.51. The van der Waals surface area contributed by atoms with Gasteiger partial charge < -0.3 is 9.88 Å². The van der Waals surface area contributed by atoms with E-state index in [2.05, 4.69) is 25.3 Å². The van der Waals surface area contributed by atoms with Crippen LogP contribution in [0.2, 0.25) is 5.02 Å². The maximum atomic E-state index is 13.2. The zero-order chi connectivity index (χ0) is 28.3. The summed E-state index contributed by atoms with van der Waals surface area (Å²) < 4.78 is 3.57. The molecule has 2 aromatic carbocycles. The number of aromatic amines is 1. The van der Waals surface area contributed by atoms with Crippen LogP contribution in [0.1, 0.15) is 25.8 Å². The molecule has 2 N–H and O–H groups in total. The lowest BCUT2D eigenvalue weighted by atomic mass is 10.0. The molecule has 0 bridgehead atoms. The van der Waals surface area contributed by atoms with Crippen molar-refractivity contribution in [2.75, 3.05) is 6.54 Å². The number of carbonyl (C=O) groups is 1. The zero-order valence-corrected chi connectivity index (χ0v) is 23.2. The summed E-state index contributed by atoms with van der Waals surface area (Å²) in [5.41, 5.74) is 5.19. The van der Waals surface area contributed by atoms with Gasteiger partial charge in [-0.3, -0.25) is 14.3 Å². The Kier molecular flexibility index (Phi) is 7.35. The lowest BCUT2D eigenvalue weighted by molar-refractivity contribution is -0.121. The monoisotopic (exact) mass is 565 g/mol. The standard InChI is InChI=1S/C31H28ClN7O2/c1-2-21(39-25-13-8-15-34-29(25)37-31(39)41)14-16-33-26(40)18-38-17-23(22-11-6-7-12-24(22)32)27-28(35-19-36-30(27)38)20-9-4-3-5-10-20/h3-13,15,17,19,21H,2,14,16,18H2,1H3,(H,33,40)(H,34,37,41). The Balaban J connectivity index is 1.26. The van der Waals surface area contributed by atoms with E-state index < -0.39 is 0 Å².